The first-order chi connectivity index (χ1) is 11.6. The Kier molecular flexibility index (Phi) is 7.36. The lowest BCUT2D eigenvalue weighted by Gasteiger charge is -2.14. The fourth-order valence-corrected chi connectivity index (χ4v) is 3.05. The van der Waals surface area contributed by atoms with E-state index in [9.17, 15) is 0 Å². The average molecular weight is 325 g/mol. The van der Waals surface area contributed by atoms with E-state index in [1.165, 1.54) is 36.0 Å². The zero-order chi connectivity index (χ0) is 17.4. The maximum absolute atomic E-state index is 6.01. The summed E-state index contributed by atoms with van der Waals surface area (Å²) in [5.74, 6) is 2.53. The van der Waals surface area contributed by atoms with E-state index in [2.05, 4.69) is 76.2 Å². The molecular formula is C23H32O. The molecule has 2 rings (SSSR count). The minimum Gasteiger partial charge on any atom is -0.494 e. The number of ether oxygens (including phenoxy) is 1. The van der Waals surface area contributed by atoms with Crippen molar-refractivity contribution in [1.82, 2.24) is 0 Å². The molecule has 2 aromatic rings. The number of rotatable bonds is 9. The van der Waals surface area contributed by atoms with E-state index in [-0.39, 0.29) is 0 Å². The Bertz CT molecular complexity index is 615. The zero-order valence-corrected chi connectivity index (χ0v) is 15.7. The van der Waals surface area contributed by atoms with Gasteiger partial charge >= 0.3 is 0 Å². The van der Waals surface area contributed by atoms with Crippen LogP contribution in [0.3, 0.4) is 0 Å². The van der Waals surface area contributed by atoms with E-state index < -0.39 is 0 Å². The lowest BCUT2D eigenvalue weighted by molar-refractivity contribution is 0.276. The molecule has 0 amide bonds. The molecule has 24 heavy (non-hydrogen) atoms. The van der Waals surface area contributed by atoms with Crippen LogP contribution in [0.1, 0.15) is 52.0 Å². The summed E-state index contributed by atoms with van der Waals surface area (Å²) in [6.45, 7) is 9.90. The van der Waals surface area contributed by atoms with Crippen LogP contribution < -0.4 is 4.74 Å². The predicted molar refractivity (Wildman–Crippen MR) is 105 cm³/mol. The molecule has 1 heteroatoms. The van der Waals surface area contributed by atoms with E-state index in [4.69, 9.17) is 4.74 Å². The fourth-order valence-electron chi connectivity index (χ4n) is 3.05. The summed E-state index contributed by atoms with van der Waals surface area (Å²) in [7, 11) is 0. The topological polar surface area (TPSA) is 9.23 Å². The molecule has 0 heterocycles. The standard InChI is InChI=1S/C23H32O/c1-18(2)9-7-10-19(3)15-16-24-22-13-8-12-21(17-22)23-14-6-5-11-20(23)4/h5-6,8,11-14,17-19H,7,9-10,15-16H2,1-4H3. The quantitative estimate of drug-likeness (QED) is 0.488. The maximum Gasteiger partial charge on any atom is 0.119 e. The lowest BCUT2D eigenvalue weighted by atomic mass is 9.98. The minimum atomic E-state index is 0.739. The van der Waals surface area contributed by atoms with Gasteiger partial charge in [-0.25, -0.2) is 0 Å². The number of hydrogen-bond donors (Lipinski definition) is 0. The first-order valence-corrected chi connectivity index (χ1v) is 9.35. The van der Waals surface area contributed by atoms with Crippen LogP contribution in [0.5, 0.6) is 5.75 Å². The molecule has 0 bridgehead atoms. The van der Waals surface area contributed by atoms with E-state index in [0.29, 0.717) is 0 Å². The van der Waals surface area contributed by atoms with E-state index >= 15 is 0 Å². The summed E-state index contributed by atoms with van der Waals surface area (Å²) < 4.78 is 6.01. The monoisotopic (exact) mass is 324 g/mol. The molecule has 0 saturated carbocycles. The molecule has 0 saturated heterocycles. The van der Waals surface area contributed by atoms with Crippen molar-refractivity contribution in [3.8, 4) is 16.9 Å². The molecule has 1 nitrogen and oxygen atoms in total. The molecule has 0 aliphatic carbocycles. The molecule has 0 N–H and O–H groups in total. The van der Waals surface area contributed by atoms with Crippen LogP contribution in [-0.4, -0.2) is 6.61 Å². The summed E-state index contributed by atoms with van der Waals surface area (Å²) >= 11 is 0. The largest absolute Gasteiger partial charge is 0.494 e. The molecule has 0 aliphatic heterocycles. The summed E-state index contributed by atoms with van der Waals surface area (Å²) in [4.78, 5) is 0. The molecule has 1 unspecified atom stereocenters. The molecule has 0 radical (unpaired) electrons. The van der Waals surface area contributed by atoms with Crippen molar-refractivity contribution in [2.24, 2.45) is 11.8 Å². The zero-order valence-electron chi connectivity index (χ0n) is 15.7. The van der Waals surface area contributed by atoms with Gasteiger partial charge in [0.15, 0.2) is 0 Å². The summed E-state index contributed by atoms with van der Waals surface area (Å²) in [5, 5.41) is 0. The van der Waals surface area contributed by atoms with Gasteiger partial charge in [0.25, 0.3) is 0 Å². The van der Waals surface area contributed by atoms with Gasteiger partial charge in [0.05, 0.1) is 6.61 Å². The summed E-state index contributed by atoms with van der Waals surface area (Å²) in [6, 6.07) is 17.0. The Morgan fingerprint density at radius 1 is 0.875 bits per heavy atom. The van der Waals surface area contributed by atoms with Crippen molar-refractivity contribution in [1.29, 1.82) is 0 Å². The van der Waals surface area contributed by atoms with Gasteiger partial charge in [0.1, 0.15) is 5.75 Å². The molecular weight excluding hydrogens is 292 g/mol. The smallest absolute Gasteiger partial charge is 0.119 e. The van der Waals surface area contributed by atoms with Crippen molar-refractivity contribution >= 4 is 0 Å². The molecule has 0 spiro atoms. The molecule has 0 aliphatic rings. The average Bonchev–Trinajstić information content (AvgIpc) is 2.55. The van der Waals surface area contributed by atoms with Crippen LogP contribution in [-0.2, 0) is 0 Å². The highest BCUT2D eigenvalue weighted by molar-refractivity contribution is 5.68. The van der Waals surface area contributed by atoms with Crippen LogP contribution in [0.25, 0.3) is 11.1 Å². The van der Waals surface area contributed by atoms with E-state index in [0.717, 1.165) is 30.6 Å². The van der Waals surface area contributed by atoms with Gasteiger partial charge in [-0.15, -0.1) is 0 Å². The Hall–Kier alpha value is -1.76. The second-order valence-corrected chi connectivity index (χ2v) is 7.41. The van der Waals surface area contributed by atoms with Gasteiger partial charge in [-0.05, 0) is 54.0 Å². The molecule has 0 aromatic heterocycles. The predicted octanol–water partition coefficient (Wildman–Crippen LogP) is 6.89. The van der Waals surface area contributed by atoms with Gasteiger partial charge in [-0.2, -0.15) is 0 Å². The maximum atomic E-state index is 6.01. The first-order valence-electron chi connectivity index (χ1n) is 9.35. The van der Waals surface area contributed by atoms with Crippen LogP contribution in [0, 0.1) is 18.8 Å². The third kappa shape index (κ3) is 6.03. The van der Waals surface area contributed by atoms with Crippen LogP contribution in [0.2, 0.25) is 0 Å². The van der Waals surface area contributed by atoms with Gasteiger partial charge in [0.2, 0.25) is 0 Å². The molecule has 2 aromatic carbocycles. The fraction of sp³-hybridized carbons (Fsp3) is 0.478. The van der Waals surface area contributed by atoms with Gasteiger partial charge < -0.3 is 4.74 Å². The number of hydrogen-bond acceptors (Lipinski definition) is 1. The Morgan fingerprint density at radius 2 is 1.67 bits per heavy atom. The number of aryl methyl sites for hydroxylation is 1. The van der Waals surface area contributed by atoms with Crippen molar-refractivity contribution in [2.45, 2.75) is 53.4 Å². The van der Waals surface area contributed by atoms with Crippen molar-refractivity contribution in [2.75, 3.05) is 6.61 Å². The SMILES string of the molecule is Cc1ccccc1-c1cccc(OCCC(C)CCCC(C)C)c1. The summed E-state index contributed by atoms with van der Waals surface area (Å²) in [5.41, 5.74) is 3.81. The van der Waals surface area contributed by atoms with Gasteiger partial charge in [-0.1, -0.05) is 76.4 Å². The highest BCUT2D eigenvalue weighted by atomic mass is 16.5. The summed E-state index contributed by atoms with van der Waals surface area (Å²) in [6.07, 6.45) is 5.11. The highest BCUT2D eigenvalue weighted by Crippen LogP contribution is 2.26. The Morgan fingerprint density at radius 3 is 2.42 bits per heavy atom. The second kappa shape index (κ2) is 9.52. The van der Waals surface area contributed by atoms with Crippen molar-refractivity contribution in [3.05, 3.63) is 54.1 Å². The molecule has 130 valence electrons. The van der Waals surface area contributed by atoms with E-state index in [1.807, 2.05) is 0 Å². The minimum absolute atomic E-state index is 0.739. The third-order valence-corrected chi connectivity index (χ3v) is 4.65. The Labute approximate surface area is 148 Å². The lowest BCUT2D eigenvalue weighted by Crippen LogP contribution is -2.05. The van der Waals surface area contributed by atoms with Crippen LogP contribution in [0.15, 0.2) is 48.5 Å². The third-order valence-electron chi connectivity index (χ3n) is 4.65. The Balaban J connectivity index is 1.84. The second-order valence-electron chi connectivity index (χ2n) is 7.41. The van der Waals surface area contributed by atoms with Crippen molar-refractivity contribution < 1.29 is 4.74 Å². The molecule has 0 fully saturated rings. The first kappa shape index (κ1) is 18.6. The van der Waals surface area contributed by atoms with Gasteiger partial charge in [-0.3, -0.25) is 0 Å². The van der Waals surface area contributed by atoms with Crippen LogP contribution in [0.4, 0.5) is 0 Å². The van der Waals surface area contributed by atoms with Crippen LogP contribution >= 0.6 is 0 Å². The highest BCUT2D eigenvalue weighted by Gasteiger charge is 2.05. The number of benzene rings is 2. The van der Waals surface area contributed by atoms with Gasteiger partial charge in [0, 0.05) is 0 Å². The van der Waals surface area contributed by atoms with E-state index in [1.54, 1.807) is 0 Å². The van der Waals surface area contributed by atoms with Crippen molar-refractivity contribution in [3.63, 3.8) is 0 Å². The molecule has 1 atom stereocenters. The normalized spacial score (nSPS) is 12.4.